The fraction of sp³-hybridized carbons (Fsp3) is 0.222. The zero-order valence-corrected chi connectivity index (χ0v) is 13.1. The molecule has 0 saturated carbocycles. The van der Waals surface area contributed by atoms with E-state index < -0.39 is 11.6 Å². The van der Waals surface area contributed by atoms with Gasteiger partial charge in [0.1, 0.15) is 5.75 Å². The van der Waals surface area contributed by atoms with Crippen LogP contribution in [0.3, 0.4) is 0 Å². The molecule has 1 amide bonds. The summed E-state index contributed by atoms with van der Waals surface area (Å²) in [6, 6.07) is 9.86. The summed E-state index contributed by atoms with van der Waals surface area (Å²) in [5.74, 6) is -1.76. The van der Waals surface area contributed by atoms with Gasteiger partial charge in [-0.25, -0.2) is 8.78 Å². The van der Waals surface area contributed by atoms with Gasteiger partial charge < -0.3 is 10.1 Å². The molecule has 0 heterocycles. The van der Waals surface area contributed by atoms with Crippen molar-refractivity contribution in [1.29, 1.82) is 0 Å². The summed E-state index contributed by atoms with van der Waals surface area (Å²) >= 11 is 0. The molecule has 0 aliphatic heterocycles. The van der Waals surface area contributed by atoms with Crippen molar-refractivity contribution in [3.8, 4) is 5.75 Å². The Morgan fingerprint density at radius 1 is 1.00 bits per heavy atom. The van der Waals surface area contributed by atoms with Crippen LogP contribution in [0.25, 0.3) is 0 Å². The Morgan fingerprint density at radius 3 is 2.33 bits per heavy atom. The molecule has 2 rings (SSSR count). The minimum Gasteiger partial charge on any atom is -0.497 e. The van der Waals surface area contributed by atoms with E-state index in [1.807, 2.05) is 0 Å². The van der Waals surface area contributed by atoms with E-state index >= 15 is 0 Å². The summed E-state index contributed by atoms with van der Waals surface area (Å²) in [4.78, 5) is 23.8. The number of nitrogens with one attached hydrogen (secondary N) is 1. The van der Waals surface area contributed by atoms with E-state index in [1.54, 1.807) is 31.4 Å². The SMILES string of the molecule is COc1ccc(C(=O)CCCC(=O)Nc2ccc(F)c(F)c2)cc1. The van der Waals surface area contributed by atoms with Crippen molar-refractivity contribution in [2.75, 3.05) is 12.4 Å². The number of methoxy groups -OCH3 is 1. The van der Waals surface area contributed by atoms with Crippen LogP contribution in [-0.4, -0.2) is 18.8 Å². The Kier molecular flexibility index (Phi) is 6.01. The number of carbonyl (C=O) groups excluding carboxylic acids is 2. The molecule has 2 aromatic carbocycles. The normalized spacial score (nSPS) is 10.3. The number of hydrogen-bond acceptors (Lipinski definition) is 3. The van der Waals surface area contributed by atoms with E-state index in [4.69, 9.17) is 4.74 Å². The van der Waals surface area contributed by atoms with Gasteiger partial charge in [0.05, 0.1) is 7.11 Å². The van der Waals surface area contributed by atoms with Crippen LogP contribution in [-0.2, 0) is 4.79 Å². The number of anilines is 1. The molecule has 0 aliphatic carbocycles. The number of carbonyl (C=O) groups is 2. The van der Waals surface area contributed by atoms with Crippen molar-refractivity contribution in [2.45, 2.75) is 19.3 Å². The number of Topliss-reactive ketones (excluding diaryl/α,β-unsaturated/α-hetero) is 1. The highest BCUT2D eigenvalue weighted by molar-refractivity contribution is 5.96. The Hall–Kier alpha value is -2.76. The highest BCUT2D eigenvalue weighted by atomic mass is 19.2. The number of benzene rings is 2. The Bertz CT molecular complexity index is 730. The first-order chi connectivity index (χ1) is 11.5. The third-order valence-electron chi connectivity index (χ3n) is 3.42. The van der Waals surface area contributed by atoms with Crippen molar-refractivity contribution >= 4 is 17.4 Å². The summed E-state index contributed by atoms with van der Waals surface area (Å²) in [7, 11) is 1.54. The second-order valence-corrected chi connectivity index (χ2v) is 5.18. The van der Waals surface area contributed by atoms with E-state index in [9.17, 15) is 18.4 Å². The van der Waals surface area contributed by atoms with E-state index in [1.165, 1.54) is 6.07 Å². The monoisotopic (exact) mass is 333 g/mol. The van der Waals surface area contributed by atoms with E-state index in [-0.39, 0.29) is 30.2 Å². The van der Waals surface area contributed by atoms with Crippen LogP contribution in [0, 0.1) is 11.6 Å². The molecule has 4 nitrogen and oxygen atoms in total. The zero-order valence-electron chi connectivity index (χ0n) is 13.1. The maximum absolute atomic E-state index is 13.0. The van der Waals surface area contributed by atoms with Crippen molar-refractivity contribution in [3.05, 3.63) is 59.7 Å². The van der Waals surface area contributed by atoms with Crippen LogP contribution in [0.1, 0.15) is 29.6 Å². The smallest absolute Gasteiger partial charge is 0.224 e. The molecular weight excluding hydrogens is 316 g/mol. The van der Waals surface area contributed by atoms with E-state index in [2.05, 4.69) is 5.32 Å². The van der Waals surface area contributed by atoms with Crippen LogP contribution in [0.15, 0.2) is 42.5 Å². The van der Waals surface area contributed by atoms with E-state index in [0.717, 1.165) is 12.1 Å². The Morgan fingerprint density at radius 2 is 1.71 bits per heavy atom. The first-order valence-corrected chi connectivity index (χ1v) is 7.42. The molecule has 1 N–H and O–H groups in total. The number of hydrogen-bond donors (Lipinski definition) is 1. The van der Waals surface area contributed by atoms with Crippen LogP contribution in [0.5, 0.6) is 5.75 Å². The summed E-state index contributed by atoms with van der Waals surface area (Å²) in [6.07, 6.45) is 0.693. The minimum absolute atomic E-state index is 0.0710. The quantitative estimate of drug-likeness (QED) is 0.780. The first kappa shape index (κ1) is 17.6. The molecular formula is C18H17F2NO3. The van der Waals surface area contributed by atoms with Gasteiger partial charge in [-0.1, -0.05) is 0 Å². The molecule has 6 heteroatoms. The van der Waals surface area contributed by atoms with Gasteiger partial charge in [0, 0.05) is 30.2 Å². The number of halogens is 2. The molecule has 0 bridgehead atoms. The predicted molar refractivity (Wildman–Crippen MR) is 86.2 cm³/mol. The first-order valence-electron chi connectivity index (χ1n) is 7.42. The van der Waals surface area contributed by atoms with E-state index in [0.29, 0.717) is 17.7 Å². The molecule has 0 saturated heterocycles. The highest BCUT2D eigenvalue weighted by Gasteiger charge is 2.09. The lowest BCUT2D eigenvalue weighted by atomic mass is 10.1. The average molecular weight is 333 g/mol. The largest absolute Gasteiger partial charge is 0.497 e. The fourth-order valence-electron chi connectivity index (χ4n) is 2.13. The topological polar surface area (TPSA) is 55.4 Å². The van der Waals surface area contributed by atoms with Gasteiger partial charge in [-0.3, -0.25) is 9.59 Å². The van der Waals surface area contributed by atoms with Gasteiger partial charge in [0.15, 0.2) is 17.4 Å². The second-order valence-electron chi connectivity index (χ2n) is 5.18. The summed E-state index contributed by atoms with van der Waals surface area (Å²) in [5.41, 5.74) is 0.734. The minimum atomic E-state index is -1.03. The lowest BCUT2D eigenvalue weighted by molar-refractivity contribution is -0.116. The summed E-state index contributed by atoms with van der Waals surface area (Å²) < 4.78 is 30.9. The third-order valence-corrected chi connectivity index (χ3v) is 3.42. The lowest BCUT2D eigenvalue weighted by Crippen LogP contribution is -2.12. The zero-order chi connectivity index (χ0) is 17.5. The molecule has 0 fully saturated rings. The van der Waals surface area contributed by atoms with Crippen LogP contribution >= 0.6 is 0 Å². The predicted octanol–water partition coefficient (Wildman–Crippen LogP) is 3.97. The van der Waals surface area contributed by atoms with Gasteiger partial charge in [-0.2, -0.15) is 0 Å². The van der Waals surface area contributed by atoms with Crippen LogP contribution < -0.4 is 10.1 Å². The summed E-state index contributed by atoms with van der Waals surface area (Å²) in [6.45, 7) is 0. The molecule has 0 aliphatic rings. The molecule has 0 radical (unpaired) electrons. The second kappa shape index (κ2) is 8.19. The molecule has 0 spiro atoms. The van der Waals surface area contributed by atoms with Gasteiger partial charge in [0.25, 0.3) is 0 Å². The third kappa shape index (κ3) is 4.87. The van der Waals surface area contributed by atoms with Crippen LogP contribution in [0.4, 0.5) is 14.5 Å². The van der Waals surface area contributed by atoms with Crippen molar-refractivity contribution in [1.82, 2.24) is 0 Å². The number of rotatable bonds is 7. The highest BCUT2D eigenvalue weighted by Crippen LogP contribution is 2.15. The summed E-state index contributed by atoms with van der Waals surface area (Å²) in [5, 5.41) is 2.47. The molecule has 0 aromatic heterocycles. The standard InChI is InChI=1S/C18H17F2NO3/c1-24-14-8-5-12(6-9-14)17(22)3-2-4-18(23)21-13-7-10-15(19)16(20)11-13/h5-11H,2-4H2,1H3,(H,21,23). The molecule has 2 aromatic rings. The number of amides is 1. The maximum Gasteiger partial charge on any atom is 0.224 e. The molecule has 126 valence electrons. The average Bonchev–Trinajstić information content (AvgIpc) is 2.58. The Labute approximate surface area is 138 Å². The number of ether oxygens (including phenoxy) is 1. The molecule has 0 unspecified atom stereocenters. The van der Waals surface area contributed by atoms with Gasteiger partial charge >= 0.3 is 0 Å². The van der Waals surface area contributed by atoms with Crippen LogP contribution in [0.2, 0.25) is 0 Å². The molecule has 24 heavy (non-hydrogen) atoms. The molecule has 0 atom stereocenters. The van der Waals surface area contributed by atoms with Crippen molar-refractivity contribution < 1.29 is 23.1 Å². The van der Waals surface area contributed by atoms with Gasteiger partial charge in [-0.05, 0) is 42.8 Å². The van der Waals surface area contributed by atoms with Gasteiger partial charge in [-0.15, -0.1) is 0 Å². The van der Waals surface area contributed by atoms with Crippen molar-refractivity contribution in [3.63, 3.8) is 0 Å². The van der Waals surface area contributed by atoms with Crippen molar-refractivity contribution in [2.24, 2.45) is 0 Å². The Balaban J connectivity index is 1.79. The van der Waals surface area contributed by atoms with Gasteiger partial charge in [0.2, 0.25) is 5.91 Å². The maximum atomic E-state index is 13.0. The fourth-order valence-corrected chi connectivity index (χ4v) is 2.13. The number of ketones is 1. The lowest BCUT2D eigenvalue weighted by Gasteiger charge is -2.06.